The molecule has 1 atom stereocenters. The van der Waals surface area contributed by atoms with Crippen LogP contribution < -0.4 is 16.0 Å². The zero-order chi connectivity index (χ0) is 28.0. The Hall–Kier alpha value is -3.35. The highest BCUT2D eigenvalue weighted by Gasteiger charge is 2.27. The maximum atomic E-state index is 13.6. The van der Waals surface area contributed by atoms with Gasteiger partial charge in [0.2, 0.25) is 5.95 Å². The second-order valence-corrected chi connectivity index (χ2v) is 11.4. The van der Waals surface area contributed by atoms with E-state index in [0.29, 0.717) is 17.0 Å². The van der Waals surface area contributed by atoms with Crippen molar-refractivity contribution in [3.63, 3.8) is 0 Å². The Morgan fingerprint density at radius 3 is 2.77 bits per heavy atom. The van der Waals surface area contributed by atoms with Crippen LogP contribution >= 0.6 is 23.5 Å². The maximum Gasteiger partial charge on any atom is 0.356 e. The molecule has 2 aromatic heterocycles. The second kappa shape index (κ2) is 12.7. The lowest BCUT2D eigenvalue weighted by Gasteiger charge is -2.19. The molecule has 0 saturated carbocycles. The average Bonchev–Trinajstić information content (AvgIpc) is 3.32. The Morgan fingerprint density at radius 1 is 1.21 bits per heavy atom. The average molecular weight is 620 g/mol. The number of H-pyrrole nitrogens is 1. The Morgan fingerprint density at radius 2 is 2.03 bits per heavy atom. The van der Waals surface area contributed by atoms with Gasteiger partial charge in [0.15, 0.2) is 16.9 Å². The number of aryl methyl sites for hydroxylation is 1. The molecule has 206 valence electrons. The molecule has 4 aromatic rings. The molecule has 0 spiro atoms. The van der Waals surface area contributed by atoms with Gasteiger partial charge in [-0.1, -0.05) is 28.1 Å². The molecule has 39 heavy (non-hydrogen) atoms. The monoisotopic (exact) mass is 619 g/mol. The van der Waals surface area contributed by atoms with E-state index in [4.69, 9.17) is 24.3 Å². The highest BCUT2D eigenvalue weighted by atomic mass is 79.9. The van der Waals surface area contributed by atoms with E-state index >= 15 is 0 Å². The lowest BCUT2D eigenvalue weighted by molar-refractivity contribution is 0.0855. The number of nitrogens with zero attached hydrogens (tertiary/aromatic N) is 3. The molecule has 1 unspecified atom stereocenters. The summed E-state index contributed by atoms with van der Waals surface area (Å²) < 4.78 is 38.1. The van der Waals surface area contributed by atoms with Crippen LogP contribution in [0.15, 0.2) is 58.1 Å². The number of Topliss-reactive ketones (excluding diaryl/α,β-unsaturated/α-hetero) is 1. The van der Waals surface area contributed by atoms with Crippen molar-refractivity contribution in [3.05, 3.63) is 80.3 Å². The molecule has 14 heteroatoms. The van der Waals surface area contributed by atoms with E-state index in [2.05, 4.69) is 30.9 Å². The molecular formula is C25H27BrN5O7P. The standard InChI is InChI=1S/C25H27BrN5O7P/c1-16-10-18(6-7-21(16)35-2)20(32)13-38-39(34,37-12-17-4-3-5-19(26)11-17)15-36-9-8-31-14-28-22-23(31)29-25(27)30-24(22)33/h3-7,10-11,14H,8-9,12-13,15H2,1-2H3,(H3,27,29,30,33). The normalized spacial score (nSPS) is 12.9. The van der Waals surface area contributed by atoms with Gasteiger partial charge in [-0.3, -0.25) is 23.7 Å². The molecule has 0 aliphatic heterocycles. The summed E-state index contributed by atoms with van der Waals surface area (Å²) in [7, 11) is -2.32. The molecule has 0 amide bonds. The first-order valence-corrected chi connectivity index (χ1v) is 14.3. The van der Waals surface area contributed by atoms with E-state index < -0.39 is 26.1 Å². The number of ketones is 1. The molecule has 0 aliphatic carbocycles. The van der Waals surface area contributed by atoms with Crippen molar-refractivity contribution in [1.29, 1.82) is 0 Å². The van der Waals surface area contributed by atoms with Crippen LogP contribution in [0.2, 0.25) is 0 Å². The van der Waals surface area contributed by atoms with Gasteiger partial charge in [-0.25, -0.2) is 4.98 Å². The number of halogens is 1. The molecule has 0 bridgehead atoms. The van der Waals surface area contributed by atoms with Crippen LogP contribution in [0, 0.1) is 6.92 Å². The summed E-state index contributed by atoms with van der Waals surface area (Å²) in [6, 6.07) is 12.3. The maximum absolute atomic E-state index is 13.6. The van der Waals surface area contributed by atoms with Gasteiger partial charge in [0.25, 0.3) is 5.56 Å². The van der Waals surface area contributed by atoms with Gasteiger partial charge in [0, 0.05) is 16.6 Å². The second-order valence-electron chi connectivity index (χ2n) is 8.49. The van der Waals surface area contributed by atoms with Crippen molar-refractivity contribution in [2.24, 2.45) is 0 Å². The third kappa shape index (κ3) is 7.40. The van der Waals surface area contributed by atoms with E-state index in [-0.39, 0.29) is 37.0 Å². The van der Waals surface area contributed by atoms with Crippen LogP contribution in [-0.2, 0) is 31.5 Å². The molecule has 3 N–H and O–H groups in total. The molecular weight excluding hydrogens is 593 g/mol. The number of nitrogens with one attached hydrogen (secondary N) is 1. The first-order valence-electron chi connectivity index (χ1n) is 11.8. The van der Waals surface area contributed by atoms with Crippen LogP contribution in [0.4, 0.5) is 5.95 Å². The minimum absolute atomic E-state index is 0.0198. The van der Waals surface area contributed by atoms with Crippen molar-refractivity contribution >= 4 is 46.4 Å². The topological polar surface area (TPSA) is 161 Å². The molecule has 0 radical (unpaired) electrons. The van der Waals surface area contributed by atoms with Crippen LogP contribution in [0.1, 0.15) is 21.5 Å². The molecule has 2 heterocycles. The van der Waals surface area contributed by atoms with E-state index in [1.165, 1.54) is 6.33 Å². The van der Waals surface area contributed by atoms with Gasteiger partial charge in [-0.2, -0.15) is 4.98 Å². The van der Waals surface area contributed by atoms with Gasteiger partial charge < -0.3 is 24.3 Å². The summed E-state index contributed by atoms with van der Waals surface area (Å²) in [5, 5.41) is 0. The molecule has 4 rings (SSSR count). The van der Waals surface area contributed by atoms with Gasteiger partial charge >= 0.3 is 7.60 Å². The SMILES string of the molecule is COc1ccc(C(=O)COP(=O)(COCCn2cnc3c(=O)[nH]c(N)nc32)OCc2cccc(Br)c2)cc1C. The van der Waals surface area contributed by atoms with Crippen molar-refractivity contribution in [3.8, 4) is 5.75 Å². The Bertz CT molecular complexity index is 1590. The van der Waals surface area contributed by atoms with Crippen molar-refractivity contribution in [2.75, 3.05) is 32.4 Å². The third-order valence-corrected chi connectivity index (χ3v) is 7.68. The number of nitrogens with two attached hydrogens (primary N) is 1. The van der Waals surface area contributed by atoms with Crippen LogP contribution in [0.5, 0.6) is 5.75 Å². The van der Waals surface area contributed by atoms with Gasteiger partial charge in [0.1, 0.15) is 18.7 Å². The molecule has 0 saturated heterocycles. The number of carbonyl (C=O) groups excluding carboxylic acids is 1. The van der Waals surface area contributed by atoms with E-state index in [1.807, 2.05) is 31.2 Å². The van der Waals surface area contributed by atoms with Crippen molar-refractivity contribution in [2.45, 2.75) is 20.1 Å². The number of nitrogen functional groups attached to an aromatic ring is 1. The molecule has 12 nitrogen and oxygen atoms in total. The highest BCUT2D eigenvalue weighted by molar-refractivity contribution is 9.10. The number of ether oxygens (including phenoxy) is 2. The van der Waals surface area contributed by atoms with Gasteiger partial charge in [-0.05, 0) is 48.4 Å². The number of carbonyl (C=O) groups is 1. The zero-order valence-corrected chi connectivity index (χ0v) is 23.7. The Balaban J connectivity index is 1.41. The first kappa shape index (κ1) is 28.7. The fourth-order valence-electron chi connectivity index (χ4n) is 3.68. The Labute approximate surface area is 232 Å². The number of methoxy groups -OCH3 is 1. The van der Waals surface area contributed by atoms with Gasteiger partial charge in [0.05, 0.1) is 26.7 Å². The van der Waals surface area contributed by atoms with Crippen LogP contribution in [0.3, 0.4) is 0 Å². The summed E-state index contributed by atoms with van der Waals surface area (Å²) in [6.45, 7) is 1.64. The van der Waals surface area contributed by atoms with E-state index in [1.54, 1.807) is 29.9 Å². The number of aromatic nitrogens is 4. The third-order valence-electron chi connectivity index (χ3n) is 5.65. The summed E-state index contributed by atoms with van der Waals surface area (Å²) >= 11 is 3.39. The molecule has 0 fully saturated rings. The number of anilines is 1. The lowest BCUT2D eigenvalue weighted by atomic mass is 10.1. The number of aromatic amines is 1. The predicted octanol–water partition coefficient (Wildman–Crippen LogP) is 4.06. The number of hydrogen-bond acceptors (Lipinski definition) is 10. The summed E-state index contributed by atoms with van der Waals surface area (Å²) in [6.07, 6.45) is 1.03. The number of imidazole rings is 1. The van der Waals surface area contributed by atoms with Crippen LogP contribution in [0.25, 0.3) is 11.2 Å². The zero-order valence-electron chi connectivity index (χ0n) is 21.3. The van der Waals surface area contributed by atoms with E-state index in [0.717, 1.165) is 15.6 Å². The first-order chi connectivity index (χ1) is 18.7. The fraction of sp³-hybridized carbons (Fsp3) is 0.280. The minimum Gasteiger partial charge on any atom is -0.496 e. The summed E-state index contributed by atoms with van der Waals surface area (Å²) in [5.74, 6) is 0.244. The fourth-order valence-corrected chi connectivity index (χ4v) is 5.36. The smallest absolute Gasteiger partial charge is 0.356 e. The minimum atomic E-state index is -3.87. The van der Waals surface area contributed by atoms with Crippen LogP contribution in [-0.4, -0.2) is 52.0 Å². The highest BCUT2D eigenvalue weighted by Crippen LogP contribution is 2.49. The summed E-state index contributed by atoms with van der Waals surface area (Å²) in [4.78, 5) is 35.3. The van der Waals surface area contributed by atoms with Crippen molar-refractivity contribution in [1.82, 2.24) is 19.5 Å². The number of rotatable bonds is 13. The molecule has 0 aliphatic rings. The van der Waals surface area contributed by atoms with E-state index in [9.17, 15) is 14.2 Å². The predicted molar refractivity (Wildman–Crippen MR) is 148 cm³/mol. The Kier molecular flexibility index (Phi) is 9.31. The number of hydrogen-bond donors (Lipinski definition) is 2. The number of benzene rings is 2. The van der Waals surface area contributed by atoms with Gasteiger partial charge in [-0.15, -0.1) is 0 Å². The summed E-state index contributed by atoms with van der Waals surface area (Å²) in [5.41, 5.74) is 7.55. The van der Waals surface area contributed by atoms with Crippen molar-refractivity contribution < 1.29 is 27.9 Å². The quantitative estimate of drug-likeness (QED) is 0.127. The molecule has 2 aromatic carbocycles. The lowest BCUT2D eigenvalue weighted by Crippen LogP contribution is -2.14. The largest absolute Gasteiger partial charge is 0.496 e. The number of fused-ring (bicyclic) bond motifs is 1.